The second kappa shape index (κ2) is 12.7. The summed E-state index contributed by atoms with van der Waals surface area (Å²) in [6.45, 7) is 3.99. The lowest BCUT2D eigenvalue weighted by Gasteiger charge is -2.20. The molecule has 0 aromatic heterocycles. The molecule has 0 aliphatic rings. The molecule has 0 bridgehead atoms. The highest BCUT2D eigenvalue weighted by molar-refractivity contribution is 9.10. The second-order valence-electron chi connectivity index (χ2n) is 8.01. The van der Waals surface area contributed by atoms with Gasteiger partial charge < -0.3 is 10.1 Å². The van der Waals surface area contributed by atoms with Crippen molar-refractivity contribution in [2.24, 2.45) is 11.0 Å². The fraction of sp³-hybridized carbons (Fsp3) is 0.192. The summed E-state index contributed by atoms with van der Waals surface area (Å²) in [5.41, 5.74) is 4.55. The topological polar surface area (TPSA) is 79.8 Å². The third-order valence-electron chi connectivity index (χ3n) is 5.01. The van der Waals surface area contributed by atoms with Gasteiger partial charge in [-0.15, -0.1) is 0 Å². The van der Waals surface area contributed by atoms with E-state index in [1.807, 2.05) is 32.0 Å². The van der Waals surface area contributed by atoms with Gasteiger partial charge in [-0.2, -0.15) is 5.10 Å². The SMILES string of the molecule is CC(C)C(NC(=O)c1ccccc1)C(=O)N/N=C/c1ccc(OCc2ccc(Cl)cc2Cl)c(Br)c1. The number of amides is 2. The van der Waals surface area contributed by atoms with Gasteiger partial charge >= 0.3 is 0 Å². The van der Waals surface area contributed by atoms with Crippen molar-refractivity contribution in [3.63, 3.8) is 0 Å². The minimum Gasteiger partial charge on any atom is -0.488 e. The first-order chi connectivity index (χ1) is 16.7. The first-order valence-corrected chi connectivity index (χ1v) is 12.3. The molecule has 3 rings (SSSR count). The molecule has 0 saturated heterocycles. The number of hydrogen-bond acceptors (Lipinski definition) is 4. The van der Waals surface area contributed by atoms with E-state index in [-0.39, 0.29) is 18.4 Å². The van der Waals surface area contributed by atoms with E-state index in [0.717, 1.165) is 11.1 Å². The lowest BCUT2D eigenvalue weighted by Crippen LogP contribution is -2.48. The van der Waals surface area contributed by atoms with Crippen LogP contribution in [0.1, 0.15) is 35.3 Å². The van der Waals surface area contributed by atoms with E-state index >= 15 is 0 Å². The van der Waals surface area contributed by atoms with Crippen molar-refractivity contribution in [1.82, 2.24) is 10.7 Å². The van der Waals surface area contributed by atoms with Gasteiger partial charge in [-0.1, -0.05) is 61.3 Å². The fourth-order valence-electron chi connectivity index (χ4n) is 3.10. The molecular weight excluding hydrogens is 553 g/mol. The molecule has 2 N–H and O–H groups in total. The van der Waals surface area contributed by atoms with Gasteiger partial charge in [0.25, 0.3) is 11.8 Å². The molecule has 0 aliphatic carbocycles. The molecule has 2 amide bonds. The summed E-state index contributed by atoms with van der Waals surface area (Å²) in [7, 11) is 0. The van der Waals surface area contributed by atoms with Gasteiger partial charge in [0, 0.05) is 21.2 Å². The third kappa shape index (κ3) is 7.82. The summed E-state index contributed by atoms with van der Waals surface area (Å²) in [4.78, 5) is 25.1. The molecule has 3 aromatic carbocycles. The number of hydrazone groups is 1. The van der Waals surface area contributed by atoms with Crippen LogP contribution < -0.4 is 15.5 Å². The van der Waals surface area contributed by atoms with Crippen molar-refractivity contribution in [3.8, 4) is 5.75 Å². The zero-order valence-corrected chi connectivity index (χ0v) is 22.2. The van der Waals surface area contributed by atoms with Crippen LogP contribution in [0.3, 0.4) is 0 Å². The largest absolute Gasteiger partial charge is 0.488 e. The summed E-state index contributed by atoms with van der Waals surface area (Å²) in [5, 5.41) is 7.91. The highest BCUT2D eigenvalue weighted by atomic mass is 79.9. The Labute approximate surface area is 222 Å². The molecule has 182 valence electrons. The van der Waals surface area contributed by atoms with Crippen LogP contribution in [-0.2, 0) is 11.4 Å². The normalized spacial score (nSPS) is 11.9. The van der Waals surface area contributed by atoms with Crippen molar-refractivity contribution in [1.29, 1.82) is 0 Å². The third-order valence-corrected chi connectivity index (χ3v) is 6.22. The Hall–Kier alpha value is -2.87. The highest BCUT2D eigenvalue weighted by Crippen LogP contribution is 2.28. The van der Waals surface area contributed by atoms with Crippen LogP contribution in [-0.4, -0.2) is 24.1 Å². The van der Waals surface area contributed by atoms with Gasteiger partial charge in [0.15, 0.2) is 0 Å². The molecule has 0 saturated carbocycles. The first-order valence-electron chi connectivity index (χ1n) is 10.8. The lowest BCUT2D eigenvalue weighted by molar-refractivity contribution is -0.123. The molecule has 1 unspecified atom stereocenters. The van der Waals surface area contributed by atoms with Gasteiger partial charge in [0.05, 0.1) is 10.7 Å². The number of benzene rings is 3. The predicted molar refractivity (Wildman–Crippen MR) is 143 cm³/mol. The van der Waals surface area contributed by atoms with Gasteiger partial charge in [-0.25, -0.2) is 5.43 Å². The van der Waals surface area contributed by atoms with Crippen LogP contribution in [0.5, 0.6) is 5.75 Å². The molecule has 6 nitrogen and oxygen atoms in total. The average Bonchev–Trinajstić information content (AvgIpc) is 2.83. The summed E-state index contributed by atoms with van der Waals surface area (Å²) >= 11 is 15.6. The van der Waals surface area contributed by atoms with Crippen LogP contribution in [0.25, 0.3) is 0 Å². The number of nitrogens with one attached hydrogen (secondary N) is 2. The molecule has 0 aliphatic heterocycles. The van der Waals surface area contributed by atoms with Gasteiger partial charge in [0.1, 0.15) is 18.4 Å². The van der Waals surface area contributed by atoms with Crippen LogP contribution in [0.4, 0.5) is 0 Å². The first kappa shape index (κ1) is 26.7. The quantitative estimate of drug-likeness (QED) is 0.234. The zero-order valence-electron chi connectivity index (χ0n) is 19.1. The monoisotopic (exact) mass is 575 g/mol. The maximum absolute atomic E-state index is 12.6. The number of hydrogen-bond donors (Lipinski definition) is 2. The van der Waals surface area contributed by atoms with Crippen molar-refractivity contribution >= 4 is 57.2 Å². The van der Waals surface area contributed by atoms with Crippen molar-refractivity contribution in [2.75, 3.05) is 0 Å². The standard InChI is InChI=1S/C26H24BrCl2N3O3/c1-16(2)24(31-25(33)18-6-4-3-5-7-18)26(34)32-30-14-17-8-11-23(21(27)12-17)35-15-19-9-10-20(28)13-22(19)29/h3-14,16,24H,15H2,1-2H3,(H,31,33)(H,32,34)/b30-14+. The summed E-state index contributed by atoms with van der Waals surface area (Å²) in [6, 6.07) is 18.6. The minimum atomic E-state index is -0.734. The Bertz CT molecular complexity index is 1220. The van der Waals surface area contributed by atoms with Crippen LogP contribution in [0.2, 0.25) is 10.0 Å². The lowest BCUT2D eigenvalue weighted by atomic mass is 10.0. The van der Waals surface area contributed by atoms with Crippen LogP contribution >= 0.6 is 39.1 Å². The Morgan fingerprint density at radius 2 is 1.80 bits per heavy atom. The number of rotatable bonds is 9. The van der Waals surface area contributed by atoms with E-state index in [4.69, 9.17) is 27.9 Å². The van der Waals surface area contributed by atoms with E-state index in [1.54, 1.807) is 48.5 Å². The maximum Gasteiger partial charge on any atom is 0.262 e. The Balaban J connectivity index is 1.58. The molecule has 0 fully saturated rings. The minimum absolute atomic E-state index is 0.127. The molecule has 0 heterocycles. The van der Waals surface area contributed by atoms with Crippen molar-refractivity contribution in [2.45, 2.75) is 26.5 Å². The number of carbonyl (C=O) groups excluding carboxylic acids is 2. The number of ether oxygens (including phenoxy) is 1. The predicted octanol–water partition coefficient (Wildman–Crippen LogP) is 6.24. The fourth-order valence-corrected chi connectivity index (χ4v) is 4.07. The van der Waals surface area contributed by atoms with Crippen LogP contribution in [0.15, 0.2) is 76.3 Å². The summed E-state index contributed by atoms with van der Waals surface area (Å²) in [5.74, 6) is -0.222. The number of halogens is 3. The molecule has 0 radical (unpaired) electrons. The maximum atomic E-state index is 12.6. The van der Waals surface area contributed by atoms with Crippen molar-refractivity contribution < 1.29 is 14.3 Å². The second-order valence-corrected chi connectivity index (χ2v) is 9.71. The molecule has 9 heteroatoms. The Kier molecular flexibility index (Phi) is 9.72. The van der Waals surface area contributed by atoms with Crippen LogP contribution in [0, 0.1) is 5.92 Å². The van der Waals surface area contributed by atoms with E-state index in [2.05, 4.69) is 31.8 Å². The molecular formula is C26H24BrCl2N3O3. The Morgan fingerprint density at radius 1 is 1.06 bits per heavy atom. The summed E-state index contributed by atoms with van der Waals surface area (Å²) in [6.07, 6.45) is 1.51. The van der Waals surface area contributed by atoms with E-state index in [0.29, 0.717) is 25.8 Å². The smallest absolute Gasteiger partial charge is 0.262 e. The van der Waals surface area contributed by atoms with E-state index in [9.17, 15) is 9.59 Å². The van der Waals surface area contributed by atoms with Gasteiger partial charge in [-0.05, 0) is 69.9 Å². The zero-order chi connectivity index (χ0) is 25.4. The van der Waals surface area contributed by atoms with Gasteiger partial charge in [-0.3, -0.25) is 9.59 Å². The highest BCUT2D eigenvalue weighted by Gasteiger charge is 2.24. The summed E-state index contributed by atoms with van der Waals surface area (Å²) < 4.78 is 6.56. The number of nitrogens with zero attached hydrogens (tertiary/aromatic N) is 1. The molecule has 1 atom stereocenters. The van der Waals surface area contributed by atoms with E-state index in [1.165, 1.54) is 6.21 Å². The van der Waals surface area contributed by atoms with Crippen molar-refractivity contribution in [3.05, 3.63) is 97.9 Å². The number of carbonyl (C=O) groups is 2. The Morgan fingerprint density at radius 3 is 2.46 bits per heavy atom. The molecule has 3 aromatic rings. The molecule has 0 spiro atoms. The molecule has 35 heavy (non-hydrogen) atoms. The van der Waals surface area contributed by atoms with Gasteiger partial charge in [0.2, 0.25) is 0 Å². The van der Waals surface area contributed by atoms with E-state index < -0.39 is 11.9 Å². The average molecular weight is 577 g/mol.